The molecule has 0 radical (unpaired) electrons. The number of nitrogens with zero attached hydrogens (tertiary/aromatic N) is 3. The van der Waals surface area contributed by atoms with Crippen molar-refractivity contribution >= 4 is 21.8 Å². The minimum Gasteiger partial charge on any atom is -0.419 e. The Hall–Kier alpha value is -1.73. The van der Waals surface area contributed by atoms with Crippen LogP contribution < -0.4 is 5.32 Å². The van der Waals surface area contributed by atoms with E-state index in [9.17, 15) is 4.79 Å². The fourth-order valence-corrected chi connectivity index (χ4v) is 2.46. The van der Waals surface area contributed by atoms with Crippen molar-refractivity contribution in [2.75, 3.05) is 20.1 Å². The van der Waals surface area contributed by atoms with E-state index in [0.29, 0.717) is 24.9 Å². The molecule has 1 amide bonds. The lowest BCUT2D eigenvalue weighted by molar-refractivity contribution is -0.121. The van der Waals surface area contributed by atoms with Crippen molar-refractivity contribution in [3.05, 3.63) is 34.6 Å². The van der Waals surface area contributed by atoms with E-state index < -0.39 is 0 Å². The quantitative estimate of drug-likeness (QED) is 0.814. The molecule has 0 fully saturated rings. The molecule has 1 N–H and O–H groups in total. The van der Waals surface area contributed by atoms with Crippen LogP contribution in [0.25, 0.3) is 11.5 Å². The second-order valence-corrected chi connectivity index (χ2v) is 5.81. The summed E-state index contributed by atoms with van der Waals surface area (Å²) in [6.45, 7) is 3.64. The van der Waals surface area contributed by atoms with E-state index in [-0.39, 0.29) is 5.91 Å². The number of benzene rings is 1. The maximum atomic E-state index is 11.5. The first-order valence-electron chi connectivity index (χ1n) is 7.13. The van der Waals surface area contributed by atoms with Crippen molar-refractivity contribution in [2.45, 2.75) is 19.9 Å². The summed E-state index contributed by atoms with van der Waals surface area (Å²) in [5.74, 6) is 0.959. The molecule has 0 aliphatic heterocycles. The molecule has 0 aliphatic carbocycles. The van der Waals surface area contributed by atoms with Crippen LogP contribution in [0.1, 0.15) is 19.2 Å². The zero-order chi connectivity index (χ0) is 15.9. The number of aromatic nitrogens is 2. The smallest absolute Gasteiger partial charge is 0.247 e. The number of hydrogen-bond donors (Lipinski definition) is 1. The second-order valence-electron chi connectivity index (χ2n) is 4.90. The summed E-state index contributed by atoms with van der Waals surface area (Å²) in [5, 5.41) is 10.8. The van der Waals surface area contributed by atoms with Gasteiger partial charge in [0.25, 0.3) is 0 Å². The molecule has 0 unspecified atom stereocenters. The van der Waals surface area contributed by atoms with E-state index in [4.69, 9.17) is 4.42 Å². The molecule has 7 heteroatoms. The standard InChI is InChI=1S/C15H19BrN4O2/c1-3-7-20(9-13(21)17-2)10-14-18-19-15(22-14)11-5-4-6-12(16)8-11/h4-6,8H,3,7,9-10H2,1-2H3,(H,17,21). The molecule has 0 atom stereocenters. The van der Waals surface area contributed by atoms with Crippen molar-refractivity contribution in [2.24, 2.45) is 0 Å². The van der Waals surface area contributed by atoms with Crippen LogP contribution in [0.3, 0.4) is 0 Å². The van der Waals surface area contributed by atoms with E-state index >= 15 is 0 Å². The zero-order valence-electron chi connectivity index (χ0n) is 12.7. The largest absolute Gasteiger partial charge is 0.419 e. The maximum Gasteiger partial charge on any atom is 0.247 e. The van der Waals surface area contributed by atoms with Crippen LogP contribution in [0, 0.1) is 0 Å². The van der Waals surface area contributed by atoms with Gasteiger partial charge in [0.2, 0.25) is 17.7 Å². The first-order valence-corrected chi connectivity index (χ1v) is 7.93. The van der Waals surface area contributed by atoms with Crippen LogP contribution in [0.5, 0.6) is 0 Å². The van der Waals surface area contributed by atoms with Gasteiger partial charge in [-0.25, -0.2) is 0 Å². The SMILES string of the molecule is CCCN(CC(=O)NC)Cc1nnc(-c2cccc(Br)c2)o1. The highest BCUT2D eigenvalue weighted by molar-refractivity contribution is 9.10. The number of amides is 1. The van der Waals surface area contributed by atoms with Crippen molar-refractivity contribution < 1.29 is 9.21 Å². The monoisotopic (exact) mass is 366 g/mol. The molecule has 2 aromatic rings. The number of likely N-dealkylation sites (N-methyl/N-ethyl adjacent to an activating group) is 1. The average Bonchev–Trinajstić information content (AvgIpc) is 2.96. The molecular formula is C15H19BrN4O2. The molecule has 0 aliphatic rings. The van der Waals surface area contributed by atoms with Gasteiger partial charge in [-0.3, -0.25) is 9.69 Å². The van der Waals surface area contributed by atoms with Gasteiger partial charge < -0.3 is 9.73 Å². The van der Waals surface area contributed by atoms with E-state index in [1.807, 2.05) is 29.2 Å². The predicted molar refractivity (Wildman–Crippen MR) is 87.1 cm³/mol. The molecule has 2 rings (SSSR count). The molecular weight excluding hydrogens is 348 g/mol. The summed E-state index contributed by atoms with van der Waals surface area (Å²) in [4.78, 5) is 13.5. The third-order valence-corrected chi connectivity index (χ3v) is 3.58. The fourth-order valence-electron chi connectivity index (χ4n) is 2.06. The van der Waals surface area contributed by atoms with Crippen LogP contribution in [-0.2, 0) is 11.3 Å². The van der Waals surface area contributed by atoms with Crippen molar-refractivity contribution in [1.82, 2.24) is 20.4 Å². The molecule has 0 saturated heterocycles. The number of carbonyl (C=O) groups is 1. The first kappa shape index (κ1) is 16.6. The number of nitrogens with one attached hydrogen (secondary N) is 1. The van der Waals surface area contributed by atoms with Crippen molar-refractivity contribution in [3.63, 3.8) is 0 Å². The van der Waals surface area contributed by atoms with Gasteiger partial charge in [0.1, 0.15) is 0 Å². The Morgan fingerprint density at radius 1 is 1.41 bits per heavy atom. The van der Waals surface area contributed by atoms with E-state index in [1.54, 1.807) is 7.05 Å². The molecule has 1 aromatic carbocycles. The minimum absolute atomic E-state index is 0.0276. The second kappa shape index (κ2) is 8.05. The molecule has 0 spiro atoms. The van der Waals surface area contributed by atoms with Gasteiger partial charge in [-0.05, 0) is 31.2 Å². The summed E-state index contributed by atoms with van der Waals surface area (Å²) in [7, 11) is 1.63. The van der Waals surface area contributed by atoms with Crippen LogP contribution in [0.2, 0.25) is 0 Å². The number of hydrogen-bond acceptors (Lipinski definition) is 5. The third-order valence-electron chi connectivity index (χ3n) is 3.08. The number of halogens is 1. The van der Waals surface area contributed by atoms with E-state index in [2.05, 4.69) is 38.4 Å². The highest BCUT2D eigenvalue weighted by Gasteiger charge is 2.14. The average molecular weight is 367 g/mol. The van der Waals surface area contributed by atoms with Crippen LogP contribution in [-0.4, -0.2) is 41.1 Å². The topological polar surface area (TPSA) is 71.3 Å². The summed E-state index contributed by atoms with van der Waals surface area (Å²) in [6, 6.07) is 7.69. The number of rotatable bonds is 7. The lowest BCUT2D eigenvalue weighted by Gasteiger charge is -2.18. The Bertz CT molecular complexity index is 630. The van der Waals surface area contributed by atoms with Gasteiger partial charge in [-0.1, -0.05) is 28.9 Å². The molecule has 0 saturated carbocycles. The Labute approximate surface area is 138 Å². The Morgan fingerprint density at radius 2 is 2.23 bits per heavy atom. The minimum atomic E-state index is -0.0276. The molecule has 6 nitrogen and oxygen atoms in total. The van der Waals surface area contributed by atoms with Gasteiger partial charge in [0.15, 0.2) is 0 Å². The van der Waals surface area contributed by atoms with Crippen molar-refractivity contribution in [3.8, 4) is 11.5 Å². The Kier molecular flexibility index (Phi) is 6.09. The Balaban J connectivity index is 2.08. The molecule has 1 aromatic heterocycles. The van der Waals surface area contributed by atoms with Crippen LogP contribution in [0.4, 0.5) is 0 Å². The summed E-state index contributed by atoms with van der Waals surface area (Å²) in [6.07, 6.45) is 0.948. The summed E-state index contributed by atoms with van der Waals surface area (Å²) < 4.78 is 6.66. The summed E-state index contributed by atoms with van der Waals surface area (Å²) >= 11 is 3.42. The van der Waals surface area contributed by atoms with Gasteiger partial charge in [0, 0.05) is 17.1 Å². The fraction of sp³-hybridized carbons (Fsp3) is 0.400. The van der Waals surface area contributed by atoms with Crippen LogP contribution in [0.15, 0.2) is 33.2 Å². The van der Waals surface area contributed by atoms with Crippen molar-refractivity contribution in [1.29, 1.82) is 0 Å². The Morgan fingerprint density at radius 3 is 2.91 bits per heavy atom. The van der Waals surface area contributed by atoms with Gasteiger partial charge in [-0.2, -0.15) is 0 Å². The molecule has 22 heavy (non-hydrogen) atoms. The van der Waals surface area contributed by atoms with Gasteiger partial charge in [0.05, 0.1) is 13.1 Å². The van der Waals surface area contributed by atoms with Gasteiger partial charge in [-0.15, -0.1) is 10.2 Å². The maximum absolute atomic E-state index is 11.5. The normalized spacial score (nSPS) is 10.9. The highest BCUT2D eigenvalue weighted by Crippen LogP contribution is 2.22. The predicted octanol–water partition coefficient (Wildman–Crippen LogP) is 2.46. The lowest BCUT2D eigenvalue weighted by atomic mass is 10.2. The summed E-state index contributed by atoms with van der Waals surface area (Å²) in [5.41, 5.74) is 0.862. The number of carbonyl (C=O) groups excluding carboxylic acids is 1. The third kappa shape index (κ3) is 4.64. The zero-order valence-corrected chi connectivity index (χ0v) is 14.3. The van der Waals surface area contributed by atoms with Gasteiger partial charge >= 0.3 is 0 Å². The first-order chi connectivity index (χ1) is 10.6. The molecule has 0 bridgehead atoms. The van der Waals surface area contributed by atoms with E-state index in [0.717, 1.165) is 23.0 Å². The lowest BCUT2D eigenvalue weighted by Crippen LogP contribution is -2.35. The van der Waals surface area contributed by atoms with E-state index in [1.165, 1.54) is 0 Å². The molecule has 118 valence electrons. The van der Waals surface area contributed by atoms with Crippen LogP contribution >= 0.6 is 15.9 Å². The highest BCUT2D eigenvalue weighted by atomic mass is 79.9. The molecule has 1 heterocycles.